The van der Waals surface area contributed by atoms with Crippen LogP contribution in [0.3, 0.4) is 0 Å². The van der Waals surface area contributed by atoms with Crippen molar-refractivity contribution >= 4 is 33.7 Å². The van der Waals surface area contributed by atoms with Crippen molar-refractivity contribution in [3.63, 3.8) is 0 Å². The van der Waals surface area contributed by atoms with E-state index < -0.39 is 0 Å². The number of aromatic nitrogens is 3. The van der Waals surface area contributed by atoms with Crippen molar-refractivity contribution in [1.29, 1.82) is 0 Å². The molecule has 3 aromatic rings. The van der Waals surface area contributed by atoms with Crippen LogP contribution < -0.4 is 10.5 Å². The number of ether oxygens (including phenoxy) is 2. The Kier molecular flexibility index (Phi) is 7.09. The lowest BCUT2D eigenvalue weighted by Gasteiger charge is -2.26. The van der Waals surface area contributed by atoms with E-state index in [1.54, 1.807) is 0 Å². The zero-order chi connectivity index (χ0) is 22.5. The Morgan fingerprint density at radius 1 is 1.19 bits per heavy atom. The summed E-state index contributed by atoms with van der Waals surface area (Å²) in [6.07, 6.45) is 5.33. The molecule has 8 heteroatoms. The summed E-state index contributed by atoms with van der Waals surface area (Å²) in [6, 6.07) is 5.89. The quantitative estimate of drug-likeness (QED) is 0.513. The van der Waals surface area contributed by atoms with Gasteiger partial charge in [-0.1, -0.05) is 13.3 Å². The van der Waals surface area contributed by atoms with Crippen molar-refractivity contribution in [1.82, 2.24) is 19.4 Å². The van der Waals surface area contributed by atoms with Crippen molar-refractivity contribution < 1.29 is 14.3 Å². The molecule has 1 amide bonds. The number of nitrogen functional groups attached to an aromatic ring is 1. The summed E-state index contributed by atoms with van der Waals surface area (Å²) in [4.78, 5) is 23.4. The smallest absolute Gasteiger partial charge is 0.222 e. The zero-order valence-electron chi connectivity index (χ0n) is 19.1. The van der Waals surface area contributed by atoms with Gasteiger partial charge in [0.05, 0.1) is 30.9 Å². The lowest BCUT2D eigenvalue weighted by molar-refractivity contribution is -0.135. The molecule has 1 fully saturated rings. The molecule has 1 aromatic carbocycles. The van der Waals surface area contributed by atoms with Gasteiger partial charge in [0.1, 0.15) is 17.1 Å². The van der Waals surface area contributed by atoms with E-state index in [0.717, 1.165) is 65.6 Å². The number of nitrogens with two attached hydrogens (primary N) is 1. The van der Waals surface area contributed by atoms with E-state index in [2.05, 4.69) is 16.5 Å². The summed E-state index contributed by atoms with van der Waals surface area (Å²) in [7, 11) is 2.04. The van der Waals surface area contributed by atoms with Crippen molar-refractivity contribution in [2.24, 2.45) is 7.05 Å². The molecule has 3 heterocycles. The minimum atomic E-state index is 0.208. The first-order valence-electron chi connectivity index (χ1n) is 11.6. The number of hydrogen-bond acceptors (Lipinski definition) is 6. The number of benzene rings is 1. The number of anilines is 1. The molecule has 32 heavy (non-hydrogen) atoms. The van der Waals surface area contributed by atoms with Gasteiger partial charge in [0, 0.05) is 38.4 Å². The third kappa shape index (κ3) is 4.80. The molecule has 8 nitrogen and oxygen atoms in total. The Hall–Kier alpha value is -2.87. The fourth-order valence-corrected chi connectivity index (χ4v) is 4.20. The fraction of sp³-hybridized carbons (Fsp3) is 0.542. The van der Waals surface area contributed by atoms with Gasteiger partial charge in [0.25, 0.3) is 0 Å². The summed E-state index contributed by atoms with van der Waals surface area (Å²) in [5.41, 5.74) is 8.80. The van der Waals surface area contributed by atoms with Crippen molar-refractivity contribution in [3.8, 4) is 5.75 Å². The molecule has 2 N–H and O–H groups in total. The van der Waals surface area contributed by atoms with Crippen LogP contribution in [-0.4, -0.2) is 58.3 Å². The number of fused-ring (bicyclic) bond motifs is 3. The van der Waals surface area contributed by atoms with Gasteiger partial charge in [-0.3, -0.25) is 4.79 Å². The maximum absolute atomic E-state index is 12.2. The number of morpholine rings is 1. The van der Waals surface area contributed by atoms with E-state index in [9.17, 15) is 4.79 Å². The predicted octanol–water partition coefficient (Wildman–Crippen LogP) is 3.45. The molecule has 0 radical (unpaired) electrons. The molecular weight excluding hydrogens is 406 g/mol. The molecule has 0 spiro atoms. The highest BCUT2D eigenvalue weighted by molar-refractivity contribution is 6.07. The van der Waals surface area contributed by atoms with Crippen molar-refractivity contribution in [2.75, 3.05) is 38.6 Å². The third-order valence-electron chi connectivity index (χ3n) is 6.07. The SMILES string of the molecule is CCCCc1nc2c(N)nc3ccc(OCCCCC(=O)N4CCOCC4)cc3c2n1C. The molecule has 172 valence electrons. The van der Waals surface area contributed by atoms with Gasteiger partial charge in [-0.05, 0) is 37.5 Å². The molecular formula is C24H33N5O3. The van der Waals surface area contributed by atoms with Crippen molar-refractivity contribution in [2.45, 2.75) is 45.4 Å². The molecule has 0 unspecified atom stereocenters. The van der Waals surface area contributed by atoms with Crippen LogP contribution in [0, 0.1) is 0 Å². The highest BCUT2D eigenvalue weighted by Crippen LogP contribution is 2.31. The second-order valence-corrected chi connectivity index (χ2v) is 8.36. The molecule has 0 bridgehead atoms. The van der Waals surface area contributed by atoms with Gasteiger partial charge in [0.2, 0.25) is 5.91 Å². The van der Waals surface area contributed by atoms with E-state index in [1.807, 2.05) is 30.1 Å². The van der Waals surface area contributed by atoms with Crippen molar-refractivity contribution in [3.05, 3.63) is 24.0 Å². The topological polar surface area (TPSA) is 95.5 Å². The van der Waals surface area contributed by atoms with E-state index >= 15 is 0 Å². The van der Waals surface area contributed by atoms with E-state index in [-0.39, 0.29) is 5.91 Å². The Balaban J connectivity index is 1.41. The van der Waals surface area contributed by atoms with Crippen LogP contribution in [-0.2, 0) is 23.0 Å². The maximum atomic E-state index is 12.2. The Bertz CT molecular complexity index is 1090. The van der Waals surface area contributed by atoms with Crippen LogP contribution in [0.5, 0.6) is 5.75 Å². The van der Waals surface area contributed by atoms with Gasteiger partial charge in [-0.2, -0.15) is 0 Å². The zero-order valence-corrected chi connectivity index (χ0v) is 19.1. The summed E-state index contributed by atoms with van der Waals surface area (Å²) in [6.45, 7) is 5.43. The highest BCUT2D eigenvalue weighted by atomic mass is 16.5. The molecule has 4 rings (SSSR count). The number of aryl methyl sites for hydroxylation is 2. The number of pyridine rings is 1. The van der Waals surface area contributed by atoms with Gasteiger partial charge >= 0.3 is 0 Å². The average molecular weight is 440 g/mol. The maximum Gasteiger partial charge on any atom is 0.222 e. The predicted molar refractivity (Wildman–Crippen MR) is 126 cm³/mol. The molecule has 0 aliphatic carbocycles. The number of carbonyl (C=O) groups excluding carboxylic acids is 1. The first kappa shape index (κ1) is 22.3. The van der Waals surface area contributed by atoms with Gasteiger partial charge in [-0.15, -0.1) is 0 Å². The number of carbonyl (C=O) groups is 1. The first-order valence-corrected chi connectivity index (χ1v) is 11.6. The van der Waals surface area contributed by atoms with Crippen LogP contribution in [0.1, 0.15) is 44.9 Å². The molecule has 1 aliphatic rings. The number of nitrogens with zero attached hydrogens (tertiary/aromatic N) is 4. The Labute approximate surface area is 188 Å². The minimum absolute atomic E-state index is 0.208. The average Bonchev–Trinajstić information content (AvgIpc) is 3.15. The van der Waals surface area contributed by atoms with Crippen LogP contribution >= 0.6 is 0 Å². The number of amides is 1. The van der Waals surface area contributed by atoms with Crippen LogP contribution in [0.15, 0.2) is 18.2 Å². The molecule has 2 aromatic heterocycles. The fourth-order valence-electron chi connectivity index (χ4n) is 4.20. The Morgan fingerprint density at radius 3 is 2.78 bits per heavy atom. The largest absolute Gasteiger partial charge is 0.494 e. The third-order valence-corrected chi connectivity index (χ3v) is 6.07. The lowest BCUT2D eigenvalue weighted by atomic mass is 10.1. The summed E-state index contributed by atoms with van der Waals surface area (Å²) in [5, 5.41) is 0.993. The first-order chi connectivity index (χ1) is 15.6. The number of rotatable bonds is 9. The summed E-state index contributed by atoms with van der Waals surface area (Å²) >= 11 is 0. The second-order valence-electron chi connectivity index (χ2n) is 8.36. The summed E-state index contributed by atoms with van der Waals surface area (Å²) in [5.74, 6) is 2.49. The number of hydrogen-bond donors (Lipinski definition) is 1. The van der Waals surface area contributed by atoms with Crippen LogP contribution in [0.25, 0.3) is 21.9 Å². The standard InChI is InChI=1S/C24H33N5O3/c1-3-4-7-20-27-22-23(28(20)2)18-16-17(9-10-19(18)26-24(22)25)32-13-6-5-8-21(30)29-11-14-31-15-12-29/h9-10,16H,3-8,11-15H2,1-2H3,(H2,25,26). The molecule has 1 aliphatic heterocycles. The lowest BCUT2D eigenvalue weighted by Crippen LogP contribution is -2.40. The van der Waals surface area contributed by atoms with E-state index in [0.29, 0.717) is 45.1 Å². The van der Waals surface area contributed by atoms with Crippen LogP contribution in [0.2, 0.25) is 0 Å². The molecule has 1 saturated heterocycles. The highest BCUT2D eigenvalue weighted by Gasteiger charge is 2.17. The van der Waals surface area contributed by atoms with Gasteiger partial charge in [0.15, 0.2) is 5.82 Å². The molecule has 0 atom stereocenters. The van der Waals surface area contributed by atoms with E-state index in [1.165, 1.54) is 0 Å². The van der Waals surface area contributed by atoms with Gasteiger partial charge < -0.3 is 24.7 Å². The normalized spacial score (nSPS) is 14.4. The van der Waals surface area contributed by atoms with Gasteiger partial charge in [-0.25, -0.2) is 9.97 Å². The number of unbranched alkanes of at least 4 members (excludes halogenated alkanes) is 2. The molecule has 0 saturated carbocycles. The summed E-state index contributed by atoms with van der Waals surface area (Å²) < 4.78 is 13.4. The van der Waals surface area contributed by atoms with E-state index in [4.69, 9.17) is 20.2 Å². The van der Waals surface area contributed by atoms with Crippen LogP contribution in [0.4, 0.5) is 5.82 Å². The monoisotopic (exact) mass is 439 g/mol. The Morgan fingerprint density at radius 2 is 2.00 bits per heavy atom. The minimum Gasteiger partial charge on any atom is -0.494 e. The second kappa shape index (κ2) is 10.2. The number of imidazole rings is 1.